The van der Waals surface area contributed by atoms with Crippen molar-refractivity contribution >= 4 is 52.3 Å². The minimum absolute atomic E-state index is 0.143. The molecule has 2 fully saturated rings. The lowest BCUT2D eigenvalue weighted by Gasteiger charge is -2.39. The Hall–Kier alpha value is -3.63. The van der Waals surface area contributed by atoms with Gasteiger partial charge in [-0.05, 0) is 48.5 Å². The zero-order valence-corrected chi connectivity index (χ0v) is 21.5. The van der Waals surface area contributed by atoms with Crippen LogP contribution in [0.1, 0.15) is 13.3 Å². The molecule has 2 aliphatic heterocycles. The molecule has 0 unspecified atom stereocenters. The smallest absolute Gasteiger partial charge is 0.243 e. The molecule has 4 rings (SSSR count). The van der Waals surface area contributed by atoms with E-state index in [1.165, 1.54) is 11.8 Å². The molecule has 3 N–H and O–H groups in total. The Morgan fingerprint density at radius 2 is 1.54 bits per heavy atom. The molecule has 1 atom stereocenters. The van der Waals surface area contributed by atoms with E-state index in [1.54, 1.807) is 24.3 Å². The fourth-order valence-electron chi connectivity index (χ4n) is 4.54. The molecule has 10 nitrogen and oxygen atoms in total. The van der Waals surface area contributed by atoms with Gasteiger partial charge < -0.3 is 25.8 Å². The highest BCUT2D eigenvalue weighted by Gasteiger charge is 2.35. The van der Waals surface area contributed by atoms with Gasteiger partial charge in [0.25, 0.3) is 0 Å². The monoisotopic (exact) mass is 526 g/mol. The number of anilines is 3. The lowest BCUT2D eigenvalue weighted by atomic mass is 10.1. The van der Waals surface area contributed by atoms with Crippen molar-refractivity contribution in [2.24, 2.45) is 0 Å². The lowest BCUT2D eigenvalue weighted by molar-refractivity contribution is -0.145. The van der Waals surface area contributed by atoms with Crippen LogP contribution in [-0.4, -0.2) is 85.3 Å². The third-order valence-electron chi connectivity index (χ3n) is 6.44. The molecule has 0 bridgehead atoms. The molecule has 0 aliphatic carbocycles. The highest BCUT2D eigenvalue weighted by molar-refractivity contribution is 6.30. The van der Waals surface area contributed by atoms with Gasteiger partial charge in [-0.2, -0.15) is 0 Å². The summed E-state index contributed by atoms with van der Waals surface area (Å²) in [5, 5.41) is 8.88. The average Bonchev–Trinajstić information content (AvgIpc) is 2.87. The second-order valence-corrected chi connectivity index (χ2v) is 9.58. The van der Waals surface area contributed by atoms with Gasteiger partial charge in [-0.25, -0.2) is 0 Å². The Morgan fingerprint density at radius 3 is 2.16 bits per heavy atom. The number of piperazine rings is 2. The molecule has 2 aliphatic rings. The van der Waals surface area contributed by atoms with Gasteiger partial charge in [0.15, 0.2) is 0 Å². The molecule has 2 heterocycles. The maximum Gasteiger partial charge on any atom is 0.243 e. The van der Waals surface area contributed by atoms with Crippen molar-refractivity contribution in [1.29, 1.82) is 0 Å². The van der Waals surface area contributed by atoms with Gasteiger partial charge in [0.05, 0.1) is 13.0 Å². The van der Waals surface area contributed by atoms with Gasteiger partial charge in [-0.1, -0.05) is 11.6 Å². The van der Waals surface area contributed by atoms with Crippen molar-refractivity contribution in [1.82, 2.24) is 15.1 Å². The molecule has 37 heavy (non-hydrogen) atoms. The molecule has 0 aromatic heterocycles. The summed E-state index contributed by atoms with van der Waals surface area (Å²) < 4.78 is 0. The summed E-state index contributed by atoms with van der Waals surface area (Å²) in [6.07, 6.45) is -0.143. The third kappa shape index (κ3) is 7.21. The summed E-state index contributed by atoms with van der Waals surface area (Å²) in [6, 6.07) is 13.5. The quantitative estimate of drug-likeness (QED) is 0.507. The molecule has 0 spiro atoms. The topological polar surface area (TPSA) is 114 Å². The maximum atomic E-state index is 13.2. The zero-order chi connectivity index (χ0) is 26.4. The highest BCUT2D eigenvalue weighted by Crippen LogP contribution is 2.20. The van der Waals surface area contributed by atoms with Gasteiger partial charge in [-0.15, -0.1) is 0 Å². The molecular formula is C26H31ClN6O4. The van der Waals surface area contributed by atoms with Crippen LogP contribution in [0.4, 0.5) is 17.1 Å². The predicted molar refractivity (Wildman–Crippen MR) is 143 cm³/mol. The third-order valence-corrected chi connectivity index (χ3v) is 6.69. The second-order valence-electron chi connectivity index (χ2n) is 9.14. The number of hydrogen-bond acceptors (Lipinski definition) is 6. The average molecular weight is 527 g/mol. The summed E-state index contributed by atoms with van der Waals surface area (Å²) in [4.78, 5) is 55.5. The lowest BCUT2D eigenvalue weighted by Crippen LogP contribution is -2.60. The molecule has 0 saturated carbocycles. The Morgan fingerprint density at radius 1 is 0.919 bits per heavy atom. The number of rotatable bonds is 7. The molecule has 11 heteroatoms. The van der Waals surface area contributed by atoms with Crippen molar-refractivity contribution in [3.05, 3.63) is 53.6 Å². The minimum atomic E-state index is -0.866. The highest BCUT2D eigenvalue weighted by atomic mass is 35.5. The first-order chi connectivity index (χ1) is 17.8. The summed E-state index contributed by atoms with van der Waals surface area (Å²) in [7, 11) is 0. The first-order valence-corrected chi connectivity index (χ1v) is 12.6. The van der Waals surface area contributed by atoms with Gasteiger partial charge in [0.2, 0.25) is 23.6 Å². The molecule has 196 valence electrons. The summed E-state index contributed by atoms with van der Waals surface area (Å²) >= 11 is 5.98. The molecule has 2 saturated heterocycles. The number of benzene rings is 2. The van der Waals surface area contributed by atoms with E-state index >= 15 is 0 Å². The number of nitrogens with zero attached hydrogens (tertiary/aromatic N) is 3. The minimum Gasteiger partial charge on any atom is -0.369 e. The van der Waals surface area contributed by atoms with Crippen LogP contribution in [-0.2, 0) is 19.2 Å². The van der Waals surface area contributed by atoms with Crippen LogP contribution >= 0.6 is 11.6 Å². The normalized spacial score (nSPS) is 18.2. The van der Waals surface area contributed by atoms with Crippen LogP contribution in [0.25, 0.3) is 0 Å². The summed E-state index contributed by atoms with van der Waals surface area (Å²) in [5.74, 6) is -1.05. The first kappa shape index (κ1) is 26.4. The van der Waals surface area contributed by atoms with E-state index in [1.807, 2.05) is 24.3 Å². The predicted octanol–water partition coefficient (Wildman–Crippen LogP) is 1.78. The van der Waals surface area contributed by atoms with Crippen molar-refractivity contribution in [2.75, 3.05) is 61.3 Å². The number of amides is 4. The van der Waals surface area contributed by atoms with Crippen molar-refractivity contribution in [3.8, 4) is 0 Å². The number of nitrogens with one attached hydrogen (secondary N) is 3. The van der Waals surface area contributed by atoms with E-state index in [0.29, 0.717) is 42.6 Å². The molecule has 0 radical (unpaired) electrons. The first-order valence-electron chi connectivity index (χ1n) is 12.3. The van der Waals surface area contributed by atoms with E-state index in [-0.39, 0.29) is 36.6 Å². The molecule has 2 aromatic carbocycles. The number of carbonyl (C=O) groups excluding carboxylic acids is 4. The van der Waals surface area contributed by atoms with Crippen LogP contribution in [0, 0.1) is 0 Å². The molecular weight excluding hydrogens is 496 g/mol. The van der Waals surface area contributed by atoms with Crippen LogP contribution in [0.2, 0.25) is 5.02 Å². The maximum absolute atomic E-state index is 13.2. The van der Waals surface area contributed by atoms with Crippen LogP contribution in [0.5, 0.6) is 0 Å². The molecule has 2 aromatic rings. The zero-order valence-electron chi connectivity index (χ0n) is 20.7. The van der Waals surface area contributed by atoms with Gasteiger partial charge in [0, 0.05) is 68.3 Å². The van der Waals surface area contributed by atoms with Crippen molar-refractivity contribution in [2.45, 2.75) is 19.4 Å². The van der Waals surface area contributed by atoms with E-state index < -0.39 is 6.04 Å². The number of hydrogen-bond donors (Lipinski definition) is 3. The van der Waals surface area contributed by atoms with Gasteiger partial charge in [-0.3, -0.25) is 24.1 Å². The largest absolute Gasteiger partial charge is 0.369 e. The van der Waals surface area contributed by atoms with Gasteiger partial charge >= 0.3 is 0 Å². The Balaban J connectivity index is 1.30. The van der Waals surface area contributed by atoms with Crippen LogP contribution in [0.15, 0.2) is 48.5 Å². The van der Waals surface area contributed by atoms with Crippen molar-refractivity contribution < 1.29 is 19.2 Å². The Labute approximate surface area is 220 Å². The second kappa shape index (κ2) is 12.1. The van der Waals surface area contributed by atoms with Gasteiger partial charge in [0.1, 0.15) is 6.04 Å². The van der Waals surface area contributed by atoms with Crippen LogP contribution in [0.3, 0.4) is 0 Å². The fourth-order valence-corrected chi connectivity index (χ4v) is 4.67. The fraction of sp³-hybridized carbons (Fsp3) is 0.385. The van der Waals surface area contributed by atoms with Crippen LogP contribution < -0.4 is 20.9 Å². The number of halogens is 1. The Bertz CT molecular complexity index is 1130. The van der Waals surface area contributed by atoms with E-state index in [9.17, 15) is 19.2 Å². The summed E-state index contributed by atoms with van der Waals surface area (Å²) in [6.45, 7) is 5.33. The van der Waals surface area contributed by atoms with Crippen molar-refractivity contribution in [3.63, 3.8) is 0 Å². The number of carbonyl (C=O) groups is 4. The van der Waals surface area contributed by atoms with E-state index in [4.69, 9.17) is 11.6 Å². The van der Waals surface area contributed by atoms with E-state index in [2.05, 4.69) is 25.8 Å². The Kier molecular flexibility index (Phi) is 8.62. The van der Waals surface area contributed by atoms with E-state index in [0.717, 1.165) is 18.8 Å². The summed E-state index contributed by atoms with van der Waals surface area (Å²) in [5.41, 5.74) is 2.24. The molecule has 4 amide bonds. The SMILES string of the molecule is CC(=O)Nc1ccc(NC(=O)C[C@H]2C(=O)NCCN2C(=O)CN2CCN(c3ccc(Cl)cc3)CC2)cc1. The standard InChI is InChI=1S/C26H31ClN6O4/c1-18(34)29-20-4-6-21(7-5-20)30-24(35)16-23-26(37)28-10-11-33(23)25(36)17-31-12-14-32(15-13-31)22-8-2-19(27)3-9-22/h2-9,23H,10-17H2,1H3,(H,28,37)(H,29,34)(H,30,35)/t23-/m0/s1.